The van der Waals surface area contributed by atoms with Crippen LogP contribution in [0.4, 0.5) is 5.69 Å². The molecule has 0 aliphatic heterocycles. The first-order chi connectivity index (χ1) is 12.5. The summed E-state index contributed by atoms with van der Waals surface area (Å²) in [5.74, 6) is 2.66. The van der Waals surface area contributed by atoms with E-state index in [0.29, 0.717) is 10.6 Å². The molecule has 0 bridgehead atoms. The van der Waals surface area contributed by atoms with E-state index in [1.165, 1.54) is 35.6 Å². The van der Waals surface area contributed by atoms with Crippen LogP contribution >= 0.6 is 11.3 Å². The average Bonchev–Trinajstić information content (AvgIpc) is 2.98. The molecular weight excluding hydrogens is 354 g/mol. The van der Waals surface area contributed by atoms with Gasteiger partial charge in [-0.15, -0.1) is 6.42 Å². The molecule has 1 amide bonds. The number of non-ortho nitro benzene ring substituents is 1. The first-order valence-corrected chi connectivity index (χ1v) is 8.29. The smallest absolute Gasteiger partial charge is 0.279 e. The molecule has 3 aromatic rings. The van der Waals surface area contributed by atoms with E-state index >= 15 is 0 Å². The van der Waals surface area contributed by atoms with Crippen molar-refractivity contribution in [3.63, 3.8) is 0 Å². The Labute approximate surface area is 152 Å². The highest BCUT2D eigenvalue weighted by Crippen LogP contribution is 2.23. The summed E-state index contributed by atoms with van der Waals surface area (Å²) < 4.78 is 7.82. The summed E-state index contributed by atoms with van der Waals surface area (Å²) in [4.78, 5) is 27.3. The van der Waals surface area contributed by atoms with Gasteiger partial charge < -0.3 is 9.30 Å². The Bertz CT molecular complexity index is 1120. The van der Waals surface area contributed by atoms with Gasteiger partial charge in [0.2, 0.25) is 0 Å². The molecule has 0 saturated heterocycles. The summed E-state index contributed by atoms with van der Waals surface area (Å²) in [6.45, 7) is 0.243. The maximum absolute atomic E-state index is 12.5. The molecular formula is C18H13N3O4S. The van der Waals surface area contributed by atoms with Gasteiger partial charge in [0.1, 0.15) is 5.75 Å². The van der Waals surface area contributed by atoms with Gasteiger partial charge in [0.15, 0.2) is 4.80 Å². The number of hydrogen-bond donors (Lipinski definition) is 0. The van der Waals surface area contributed by atoms with Crippen LogP contribution in [0.1, 0.15) is 10.4 Å². The van der Waals surface area contributed by atoms with Gasteiger partial charge >= 0.3 is 0 Å². The van der Waals surface area contributed by atoms with Crippen molar-refractivity contribution in [1.29, 1.82) is 0 Å². The number of aromatic nitrogens is 1. The number of rotatable bonds is 4. The van der Waals surface area contributed by atoms with Crippen LogP contribution in [0.5, 0.6) is 5.75 Å². The molecule has 3 rings (SSSR count). The highest BCUT2D eigenvalue weighted by molar-refractivity contribution is 7.16. The summed E-state index contributed by atoms with van der Waals surface area (Å²) in [6.07, 6.45) is 5.44. The predicted molar refractivity (Wildman–Crippen MR) is 98.2 cm³/mol. The molecule has 1 heterocycles. The van der Waals surface area contributed by atoms with Crippen LogP contribution in [0.15, 0.2) is 47.5 Å². The van der Waals surface area contributed by atoms with Crippen molar-refractivity contribution in [1.82, 2.24) is 4.57 Å². The minimum Gasteiger partial charge on any atom is -0.497 e. The van der Waals surface area contributed by atoms with Crippen molar-refractivity contribution < 1.29 is 14.5 Å². The minimum absolute atomic E-state index is 0.140. The van der Waals surface area contributed by atoms with Crippen LogP contribution in [-0.4, -0.2) is 22.5 Å². The number of fused-ring (bicyclic) bond motifs is 1. The molecule has 0 spiro atoms. The topological polar surface area (TPSA) is 86.7 Å². The summed E-state index contributed by atoms with van der Waals surface area (Å²) in [5, 5.41) is 10.9. The lowest BCUT2D eigenvalue weighted by Crippen LogP contribution is -2.16. The van der Waals surface area contributed by atoms with Crippen molar-refractivity contribution in [2.75, 3.05) is 7.11 Å². The van der Waals surface area contributed by atoms with Crippen LogP contribution in [0.2, 0.25) is 0 Å². The van der Waals surface area contributed by atoms with Crippen LogP contribution in [0.3, 0.4) is 0 Å². The van der Waals surface area contributed by atoms with E-state index in [1.54, 1.807) is 17.7 Å². The molecule has 0 fully saturated rings. The molecule has 26 heavy (non-hydrogen) atoms. The van der Waals surface area contributed by atoms with Crippen LogP contribution in [0.25, 0.3) is 10.2 Å². The Hall–Kier alpha value is -3.44. The zero-order valence-electron chi connectivity index (χ0n) is 13.7. The number of thiazole rings is 1. The monoisotopic (exact) mass is 367 g/mol. The molecule has 0 radical (unpaired) electrons. The lowest BCUT2D eigenvalue weighted by Gasteiger charge is -2.01. The van der Waals surface area contributed by atoms with E-state index in [0.717, 1.165) is 10.2 Å². The Morgan fingerprint density at radius 2 is 2.19 bits per heavy atom. The van der Waals surface area contributed by atoms with Gasteiger partial charge in [-0.25, -0.2) is 0 Å². The lowest BCUT2D eigenvalue weighted by atomic mass is 10.2. The largest absolute Gasteiger partial charge is 0.497 e. The third kappa shape index (κ3) is 3.34. The second kappa shape index (κ2) is 7.21. The highest BCUT2D eigenvalue weighted by atomic mass is 32.1. The molecule has 0 aliphatic carbocycles. The second-order valence-corrected chi connectivity index (χ2v) is 6.24. The number of amides is 1. The molecule has 0 unspecified atom stereocenters. The van der Waals surface area contributed by atoms with E-state index in [9.17, 15) is 14.9 Å². The average molecular weight is 367 g/mol. The summed E-state index contributed by atoms with van der Waals surface area (Å²) in [6, 6.07) is 10.9. The number of nitrogens with zero attached hydrogens (tertiary/aromatic N) is 3. The number of methoxy groups -OCH3 is 1. The second-order valence-electron chi connectivity index (χ2n) is 5.23. The fraction of sp³-hybridized carbons (Fsp3) is 0.111. The number of hydrogen-bond acceptors (Lipinski definition) is 5. The molecule has 8 heteroatoms. The van der Waals surface area contributed by atoms with Crippen molar-refractivity contribution >= 4 is 33.1 Å². The Morgan fingerprint density at radius 1 is 1.38 bits per heavy atom. The molecule has 0 saturated carbocycles. The fourth-order valence-electron chi connectivity index (χ4n) is 2.41. The Balaban J connectivity index is 2.12. The third-order valence-electron chi connectivity index (χ3n) is 3.64. The van der Waals surface area contributed by atoms with Gasteiger partial charge in [-0.2, -0.15) is 4.99 Å². The van der Waals surface area contributed by atoms with Gasteiger partial charge in [-0.1, -0.05) is 23.3 Å². The van der Waals surface area contributed by atoms with E-state index < -0.39 is 10.8 Å². The van der Waals surface area contributed by atoms with Crippen LogP contribution in [-0.2, 0) is 6.54 Å². The van der Waals surface area contributed by atoms with Crippen LogP contribution in [0, 0.1) is 22.5 Å². The maximum atomic E-state index is 12.5. The van der Waals surface area contributed by atoms with Gasteiger partial charge in [0.25, 0.3) is 11.6 Å². The maximum Gasteiger partial charge on any atom is 0.279 e. The minimum atomic E-state index is -0.571. The van der Waals surface area contributed by atoms with E-state index in [4.69, 9.17) is 11.2 Å². The third-order valence-corrected chi connectivity index (χ3v) is 4.68. The van der Waals surface area contributed by atoms with Gasteiger partial charge in [0.05, 0.1) is 28.8 Å². The van der Waals surface area contributed by atoms with Crippen molar-refractivity contribution in [2.45, 2.75) is 6.54 Å². The van der Waals surface area contributed by atoms with Crippen molar-refractivity contribution in [2.24, 2.45) is 4.99 Å². The molecule has 2 aromatic carbocycles. The standard InChI is InChI=1S/C18H13N3O4S/c1-3-9-20-15-8-7-14(25-2)11-16(15)26-18(20)19-17(22)12-5-4-6-13(10-12)21(23)24/h1,4-8,10-11H,9H2,2H3. The quantitative estimate of drug-likeness (QED) is 0.403. The van der Waals surface area contributed by atoms with Crippen LogP contribution < -0.4 is 9.54 Å². The zero-order valence-corrected chi connectivity index (χ0v) is 14.5. The van der Waals surface area contributed by atoms with E-state index in [-0.39, 0.29) is 17.8 Å². The van der Waals surface area contributed by atoms with Gasteiger partial charge in [-0.3, -0.25) is 14.9 Å². The zero-order chi connectivity index (χ0) is 18.7. The lowest BCUT2D eigenvalue weighted by molar-refractivity contribution is -0.384. The number of nitro groups is 1. The normalized spacial score (nSPS) is 11.3. The van der Waals surface area contributed by atoms with Crippen molar-refractivity contribution in [3.8, 4) is 18.1 Å². The Morgan fingerprint density at radius 3 is 2.88 bits per heavy atom. The SMILES string of the molecule is C#CCn1c(=NC(=O)c2cccc([N+](=O)[O-])c2)sc2cc(OC)ccc21. The van der Waals surface area contributed by atoms with E-state index in [2.05, 4.69) is 10.9 Å². The molecule has 0 aliphatic rings. The summed E-state index contributed by atoms with van der Waals surface area (Å²) in [5.41, 5.74) is 0.810. The number of terminal acetylenes is 1. The predicted octanol–water partition coefficient (Wildman–Crippen LogP) is 2.99. The fourth-order valence-corrected chi connectivity index (χ4v) is 3.47. The first-order valence-electron chi connectivity index (χ1n) is 7.48. The number of benzene rings is 2. The van der Waals surface area contributed by atoms with Crippen molar-refractivity contribution in [3.05, 3.63) is 62.9 Å². The molecule has 0 N–H and O–H groups in total. The molecule has 7 nitrogen and oxygen atoms in total. The number of carbonyl (C=O) groups is 1. The van der Waals surface area contributed by atoms with E-state index in [1.807, 2.05) is 12.1 Å². The summed E-state index contributed by atoms with van der Waals surface area (Å²) >= 11 is 1.29. The molecule has 1 aromatic heterocycles. The highest BCUT2D eigenvalue weighted by Gasteiger charge is 2.13. The number of carbonyl (C=O) groups excluding carboxylic acids is 1. The van der Waals surface area contributed by atoms with Gasteiger partial charge in [-0.05, 0) is 24.3 Å². The summed E-state index contributed by atoms with van der Waals surface area (Å²) in [7, 11) is 1.57. The number of ether oxygens (including phenoxy) is 1. The van der Waals surface area contributed by atoms with Gasteiger partial charge in [0, 0.05) is 17.7 Å². The molecule has 0 atom stereocenters. The number of nitro benzene ring substituents is 1. The molecule has 130 valence electrons. The first kappa shape index (κ1) is 17.4. The Kier molecular flexibility index (Phi) is 4.82.